The van der Waals surface area contributed by atoms with Gasteiger partial charge in [-0.2, -0.15) is 0 Å². The maximum Gasteiger partial charge on any atom is 0.134 e. The van der Waals surface area contributed by atoms with E-state index in [9.17, 15) is 0 Å². The zero-order valence-electron chi connectivity index (χ0n) is 14.8. The molecule has 0 aliphatic carbocycles. The monoisotopic (exact) mass is 402 g/mol. The molecule has 1 aromatic heterocycles. The van der Waals surface area contributed by atoms with Crippen LogP contribution < -0.4 is 10.2 Å². The van der Waals surface area contributed by atoms with Crippen molar-refractivity contribution in [1.82, 2.24) is 0 Å². The van der Waals surface area contributed by atoms with E-state index in [1.807, 2.05) is 54.6 Å². The van der Waals surface area contributed by atoms with Gasteiger partial charge in [-0.1, -0.05) is 29.3 Å². The van der Waals surface area contributed by atoms with Gasteiger partial charge in [-0.3, -0.25) is 0 Å². The Bertz CT molecular complexity index is 903. The summed E-state index contributed by atoms with van der Waals surface area (Å²) in [5.41, 5.74) is 3.02. The molecule has 27 heavy (non-hydrogen) atoms. The fraction of sp³-hybridized carbons (Fsp3) is 0.238. The first-order valence-electron chi connectivity index (χ1n) is 8.90. The summed E-state index contributed by atoms with van der Waals surface area (Å²) < 4.78 is 11.4. The quantitative estimate of drug-likeness (QED) is 0.593. The normalized spacial score (nSPS) is 14.4. The molecule has 140 valence electrons. The standard InChI is InChI=1S/C21H20Cl2N2O2/c22-16-6-4-15(5-7-16)20-9-8-17(27-20)14-24-19-3-1-2-18(23)21(19)25-10-12-26-13-11-25/h1-9,24H,10-14H2. The lowest BCUT2D eigenvalue weighted by atomic mass is 10.2. The Labute approximate surface area is 168 Å². The topological polar surface area (TPSA) is 37.6 Å². The van der Waals surface area contributed by atoms with Crippen LogP contribution in [0.15, 0.2) is 59.0 Å². The van der Waals surface area contributed by atoms with Crippen molar-refractivity contribution in [2.24, 2.45) is 0 Å². The number of para-hydroxylation sites is 1. The van der Waals surface area contributed by atoms with Crippen molar-refractivity contribution in [2.45, 2.75) is 6.54 Å². The van der Waals surface area contributed by atoms with Crippen molar-refractivity contribution in [3.63, 3.8) is 0 Å². The molecule has 1 aliphatic rings. The summed E-state index contributed by atoms with van der Waals surface area (Å²) in [5.74, 6) is 1.68. The number of ether oxygens (including phenoxy) is 1. The van der Waals surface area contributed by atoms with Crippen LogP contribution in [0.4, 0.5) is 11.4 Å². The molecule has 1 N–H and O–H groups in total. The van der Waals surface area contributed by atoms with Crippen LogP contribution in [0.5, 0.6) is 0 Å². The number of anilines is 2. The van der Waals surface area contributed by atoms with Crippen LogP contribution in [-0.4, -0.2) is 26.3 Å². The molecular formula is C21H20Cl2N2O2. The Balaban J connectivity index is 1.49. The van der Waals surface area contributed by atoms with E-state index in [1.165, 1.54) is 0 Å². The Morgan fingerprint density at radius 1 is 0.926 bits per heavy atom. The lowest BCUT2D eigenvalue weighted by molar-refractivity contribution is 0.123. The molecule has 0 amide bonds. The SMILES string of the molecule is Clc1ccc(-c2ccc(CNc3cccc(Cl)c3N3CCOCC3)o2)cc1. The molecule has 0 spiro atoms. The maximum atomic E-state index is 6.48. The Kier molecular flexibility index (Phi) is 5.58. The smallest absolute Gasteiger partial charge is 0.134 e. The van der Waals surface area contributed by atoms with Crippen molar-refractivity contribution in [3.05, 3.63) is 70.4 Å². The molecule has 0 radical (unpaired) electrons. The summed E-state index contributed by atoms with van der Waals surface area (Å²) in [6.45, 7) is 3.67. The highest BCUT2D eigenvalue weighted by molar-refractivity contribution is 6.34. The molecule has 2 aromatic carbocycles. The van der Waals surface area contributed by atoms with Crippen LogP contribution >= 0.6 is 23.2 Å². The minimum atomic E-state index is 0.575. The molecule has 4 nitrogen and oxygen atoms in total. The second-order valence-electron chi connectivity index (χ2n) is 6.36. The lowest BCUT2D eigenvalue weighted by Gasteiger charge is -2.31. The van der Waals surface area contributed by atoms with Crippen LogP contribution in [-0.2, 0) is 11.3 Å². The minimum absolute atomic E-state index is 0.575. The highest BCUT2D eigenvalue weighted by Gasteiger charge is 2.18. The Morgan fingerprint density at radius 2 is 1.70 bits per heavy atom. The van der Waals surface area contributed by atoms with Crippen molar-refractivity contribution in [2.75, 3.05) is 36.5 Å². The van der Waals surface area contributed by atoms with Crippen LogP contribution in [0, 0.1) is 0 Å². The van der Waals surface area contributed by atoms with Crippen molar-refractivity contribution >= 4 is 34.6 Å². The first kappa shape index (κ1) is 18.2. The fourth-order valence-corrected chi connectivity index (χ4v) is 3.61. The van der Waals surface area contributed by atoms with Crippen molar-refractivity contribution in [1.29, 1.82) is 0 Å². The maximum absolute atomic E-state index is 6.48. The van der Waals surface area contributed by atoms with Crippen LogP contribution in [0.1, 0.15) is 5.76 Å². The third-order valence-corrected chi connectivity index (χ3v) is 5.11. The summed E-state index contributed by atoms with van der Waals surface area (Å²) in [6, 6.07) is 17.5. The van der Waals surface area contributed by atoms with Crippen LogP contribution in [0.25, 0.3) is 11.3 Å². The summed E-state index contributed by atoms with van der Waals surface area (Å²) in [5, 5.41) is 4.91. The van der Waals surface area contributed by atoms with E-state index in [-0.39, 0.29) is 0 Å². The van der Waals surface area contributed by atoms with Gasteiger partial charge in [0.1, 0.15) is 11.5 Å². The molecule has 2 heterocycles. The summed E-state index contributed by atoms with van der Waals surface area (Å²) in [4.78, 5) is 2.26. The second kappa shape index (κ2) is 8.26. The average Bonchev–Trinajstić information content (AvgIpc) is 3.17. The highest BCUT2D eigenvalue weighted by Crippen LogP contribution is 2.35. The molecule has 3 aromatic rings. The van der Waals surface area contributed by atoms with Crippen molar-refractivity contribution in [3.8, 4) is 11.3 Å². The third-order valence-electron chi connectivity index (χ3n) is 4.56. The second-order valence-corrected chi connectivity index (χ2v) is 7.21. The van der Waals surface area contributed by atoms with Gasteiger partial charge in [0, 0.05) is 23.7 Å². The number of rotatable bonds is 5. The van der Waals surface area contributed by atoms with Crippen LogP contribution in [0.3, 0.4) is 0 Å². The number of hydrogen-bond acceptors (Lipinski definition) is 4. The number of benzene rings is 2. The van der Waals surface area contributed by atoms with Gasteiger partial charge in [0.15, 0.2) is 0 Å². The predicted molar refractivity (Wildman–Crippen MR) is 111 cm³/mol. The van der Waals surface area contributed by atoms with Gasteiger partial charge in [-0.05, 0) is 48.5 Å². The number of nitrogens with zero attached hydrogens (tertiary/aromatic N) is 1. The predicted octanol–water partition coefficient (Wildman–Crippen LogP) is 5.70. The lowest BCUT2D eigenvalue weighted by Crippen LogP contribution is -2.36. The molecule has 1 fully saturated rings. The fourth-order valence-electron chi connectivity index (χ4n) is 3.19. The van der Waals surface area contributed by atoms with Crippen LogP contribution in [0.2, 0.25) is 10.0 Å². The molecule has 6 heteroatoms. The number of nitrogens with one attached hydrogen (secondary N) is 1. The summed E-state index contributed by atoms with van der Waals surface area (Å²) in [6.07, 6.45) is 0. The molecule has 0 unspecified atom stereocenters. The van der Waals surface area contributed by atoms with Gasteiger partial charge < -0.3 is 19.4 Å². The van der Waals surface area contributed by atoms with Gasteiger partial charge in [0.2, 0.25) is 0 Å². The highest BCUT2D eigenvalue weighted by atomic mass is 35.5. The molecule has 1 saturated heterocycles. The molecule has 0 saturated carbocycles. The summed E-state index contributed by atoms with van der Waals surface area (Å²) in [7, 11) is 0. The first-order valence-corrected chi connectivity index (χ1v) is 9.66. The minimum Gasteiger partial charge on any atom is -0.459 e. The third kappa shape index (κ3) is 4.24. The molecule has 1 aliphatic heterocycles. The van der Waals surface area contributed by atoms with E-state index >= 15 is 0 Å². The number of furan rings is 1. The largest absolute Gasteiger partial charge is 0.459 e. The van der Waals surface area contributed by atoms with Gasteiger partial charge in [0.05, 0.1) is 36.2 Å². The van der Waals surface area contributed by atoms with Gasteiger partial charge >= 0.3 is 0 Å². The molecule has 0 bridgehead atoms. The molecular weight excluding hydrogens is 383 g/mol. The van der Waals surface area contributed by atoms with Gasteiger partial charge in [0.25, 0.3) is 0 Å². The van der Waals surface area contributed by atoms with Crippen molar-refractivity contribution < 1.29 is 9.15 Å². The number of hydrogen-bond donors (Lipinski definition) is 1. The number of halogens is 2. The summed E-state index contributed by atoms with van der Waals surface area (Å²) >= 11 is 12.4. The van der Waals surface area contributed by atoms with E-state index in [4.69, 9.17) is 32.4 Å². The first-order chi connectivity index (χ1) is 13.2. The van der Waals surface area contributed by atoms with E-state index in [0.717, 1.165) is 46.6 Å². The average molecular weight is 403 g/mol. The Hall–Kier alpha value is -2.14. The Morgan fingerprint density at radius 3 is 2.48 bits per heavy atom. The van der Waals surface area contributed by atoms with Gasteiger partial charge in [-0.15, -0.1) is 0 Å². The van der Waals surface area contributed by atoms with E-state index < -0.39 is 0 Å². The molecule has 0 atom stereocenters. The van der Waals surface area contributed by atoms with E-state index in [2.05, 4.69) is 10.2 Å². The van der Waals surface area contributed by atoms with E-state index in [1.54, 1.807) is 0 Å². The van der Waals surface area contributed by atoms with E-state index in [0.29, 0.717) is 24.8 Å². The van der Waals surface area contributed by atoms with Gasteiger partial charge in [-0.25, -0.2) is 0 Å². The zero-order chi connectivity index (χ0) is 18.6. The molecule has 4 rings (SSSR count). The number of morpholine rings is 1. The zero-order valence-corrected chi connectivity index (χ0v) is 16.3.